The van der Waals surface area contributed by atoms with Gasteiger partial charge in [-0.05, 0) is 61.0 Å². The lowest BCUT2D eigenvalue weighted by molar-refractivity contribution is -0.194. The number of anilines is 1. The molecular weight excluding hydrogens is 459 g/mol. The van der Waals surface area contributed by atoms with Crippen LogP contribution in [0, 0.1) is 5.92 Å². The summed E-state index contributed by atoms with van der Waals surface area (Å²) in [6.07, 6.45) is -1.05. The number of hydrogen-bond acceptors (Lipinski definition) is 4. The van der Waals surface area contributed by atoms with E-state index in [1.807, 2.05) is 12.1 Å². The van der Waals surface area contributed by atoms with E-state index >= 15 is 0 Å². The average Bonchev–Trinajstić information content (AvgIpc) is 3.07. The molecule has 1 fully saturated rings. The van der Waals surface area contributed by atoms with Crippen LogP contribution in [0.5, 0.6) is 0 Å². The summed E-state index contributed by atoms with van der Waals surface area (Å²) >= 11 is 1.74. The average molecular weight is 492 g/mol. The van der Waals surface area contributed by atoms with Crippen LogP contribution >= 0.6 is 11.8 Å². The maximum Gasteiger partial charge on any atom is 0.414 e. The maximum atomic E-state index is 14.2. The lowest BCUT2D eigenvalue weighted by Gasteiger charge is -2.35. The number of nitrogens with one attached hydrogen (secondary N) is 1. The Labute approximate surface area is 203 Å². The van der Waals surface area contributed by atoms with Gasteiger partial charge in [0, 0.05) is 23.9 Å². The van der Waals surface area contributed by atoms with Crippen LogP contribution < -0.4 is 5.32 Å². The van der Waals surface area contributed by atoms with E-state index in [4.69, 9.17) is 0 Å². The van der Waals surface area contributed by atoms with Gasteiger partial charge in [-0.15, -0.1) is 0 Å². The fraction of sp³-hybridized carbons (Fsp3) is 0.538. The number of alkyl halides is 3. The van der Waals surface area contributed by atoms with Gasteiger partial charge in [0.2, 0.25) is 5.91 Å². The molecule has 0 spiro atoms. The maximum absolute atomic E-state index is 14.2. The lowest BCUT2D eigenvalue weighted by Crippen LogP contribution is -2.45. The van der Waals surface area contributed by atoms with E-state index in [1.165, 1.54) is 23.4 Å². The van der Waals surface area contributed by atoms with Gasteiger partial charge in [0.1, 0.15) is 0 Å². The Kier molecular flexibility index (Phi) is 7.17. The quantitative estimate of drug-likeness (QED) is 0.539. The van der Waals surface area contributed by atoms with Gasteiger partial charge in [0.25, 0.3) is 0 Å². The lowest BCUT2D eigenvalue weighted by atomic mass is 9.83. The summed E-state index contributed by atoms with van der Waals surface area (Å²) < 4.78 is 42.6. The van der Waals surface area contributed by atoms with Gasteiger partial charge in [0.05, 0.1) is 17.6 Å². The number of aromatic nitrogens is 1. The fourth-order valence-corrected chi connectivity index (χ4v) is 6.33. The van der Waals surface area contributed by atoms with Gasteiger partial charge < -0.3 is 10.2 Å². The zero-order chi connectivity index (χ0) is 24.5. The number of fused-ring (bicyclic) bond motifs is 1. The second-order valence-corrected chi connectivity index (χ2v) is 10.9. The number of halogens is 3. The van der Waals surface area contributed by atoms with E-state index in [-0.39, 0.29) is 29.6 Å². The number of nitrogens with zero attached hydrogens (tertiary/aromatic N) is 2. The van der Waals surface area contributed by atoms with Gasteiger partial charge in [0.15, 0.2) is 6.04 Å². The second-order valence-electron chi connectivity index (χ2n) is 9.71. The molecule has 2 aliphatic rings. The van der Waals surface area contributed by atoms with Crippen LogP contribution in [0.3, 0.4) is 0 Å². The SMILES string of the molecule is CCN(C(=O)C1CCSCC1)[C@@H](c1ccc(NC2Cc3ccccc3C2(C)C)cn1)C(F)(F)F. The van der Waals surface area contributed by atoms with E-state index in [9.17, 15) is 18.0 Å². The molecule has 184 valence electrons. The summed E-state index contributed by atoms with van der Waals surface area (Å²) in [6.45, 7) is 5.94. The summed E-state index contributed by atoms with van der Waals surface area (Å²) in [6, 6.07) is 9.43. The normalized spacial score (nSPS) is 21.1. The van der Waals surface area contributed by atoms with E-state index in [1.54, 1.807) is 24.8 Å². The molecule has 1 unspecified atom stereocenters. The smallest absolute Gasteiger partial charge is 0.380 e. The van der Waals surface area contributed by atoms with Crippen molar-refractivity contribution in [3.8, 4) is 0 Å². The topological polar surface area (TPSA) is 45.2 Å². The first-order valence-corrected chi connectivity index (χ1v) is 13.0. The van der Waals surface area contributed by atoms with Crippen molar-refractivity contribution in [2.75, 3.05) is 23.4 Å². The molecule has 1 aromatic heterocycles. The fourth-order valence-electron chi connectivity index (χ4n) is 5.22. The molecule has 2 atom stereocenters. The predicted molar refractivity (Wildman–Crippen MR) is 131 cm³/mol. The first-order chi connectivity index (χ1) is 16.1. The van der Waals surface area contributed by atoms with Crippen LogP contribution in [-0.2, 0) is 16.6 Å². The van der Waals surface area contributed by atoms with Crippen molar-refractivity contribution in [3.63, 3.8) is 0 Å². The van der Waals surface area contributed by atoms with Crippen LogP contribution in [0.25, 0.3) is 0 Å². The third-order valence-electron chi connectivity index (χ3n) is 7.23. The van der Waals surface area contributed by atoms with E-state index < -0.39 is 18.1 Å². The highest BCUT2D eigenvalue weighted by Gasteiger charge is 2.48. The molecule has 1 N–H and O–H groups in total. The molecule has 1 aliphatic heterocycles. The Morgan fingerprint density at radius 2 is 1.91 bits per heavy atom. The largest absolute Gasteiger partial charge is 0.414 e. The molecule has 0 saturated carbocycles. The molecule has 0 radical (unpaired) electrons. The molecule has 1 aliphatic carbocycles. The van der Waals surface area contributed by atoms with Gasteiger partial charge in [-0.1, -0.05) is 38.1 Å². The highest BCUT2D eigenvalue weighted by atomic mass is 32.2. The van der Waals surface area contributed by atoms with E-state index in [0.29, 0.717) is 18.5 Å². The number of amides is 1. The summed E-state index contributed by atoms with van der Waals surface area (Å²) in [4.78, 5) is 18.2. The monoisotopic (exact) mass is 491 g/mol. The zero-order valence-electron chi connectivity index (χ0n) is 19.9. The Balaban J connectivity index is 1.54. The number of pyridine rings is 1. The van der Waals surface area contributed by atoms with Crippen molar-refractivity contribution in [1.82, 2.24) is 9.88 Å². The summed E-state index contributed by atoms with van der Waals surface area (Å²) in [5.41, 5.74) is 2.98. The Morgan fingerprint density at radius 1 is 1.21 bits per heavy atom. The Hall–Kier alpha value is -2.22. The third kappa shape index (κ3) is 4.92. The van der Waals surface area contributed by atoms with Crippen LogP contribution in [0.15, 0.2) is 42.6 Å². The summed E-state index contributed by atoms with van der Waals surface area (Å²) in [7, 11) is 0. The van der Waals surface area contributed by atoms with Crippen molar-refractivity contribution in [1.29, 1.82) is 0 Å². The summed E-state index contributed by atoms with van der Waals surface area (Å²) in [5.74, 6) is 0.854. The van der Waals surface area contributed by atoms with Gasteiger partial charge in [-0.25, -0.2) is 0 Å². The number of carbonyl (C=O) groups excluding carboxylic acids is 1. The van der Waals surface area contributed by atoms with Gasteiger partial charge in [-0.2, -0.15) is 24.9 Å². The highest BCUT2D eigenvalue weighted by molar-refractivity contribution is 7.99. The van der Waals surface area contributed by atoms with Crippen molar-refractivity contribution in [2.24, 2.45) is 5.92 Å². The number of benzene rings is 1. The molecule has 4 rings (SSSR count). The second kappa shape index (κ2) is 9.80. The third-order valence-corrected chi connectivity index (χ3v) is 8.28. The van der Waals surface area contributed by atoms with Crippen molar-refractivity contribution in [3.05, 3.63) is 59.4 Å². The molecule has 4 nitrogen and oxygen atoms in total. The molecular formula is C26H32F3N3OS. The van der Waals surface area contributed by atoms with Crippen molar-refractivity contribution < 1.29 is 18.0 Å². The minimum atomic E-state index is -4.61. The predicted octanol–water partition coefficient (Wildman–Crippen LogP) is 5.99. The molecule has 34 heavy (non-hydrogen) atoms. The number of carbonyl (C=O) groups is 1. The minimum absolute atomic E-state index is 0.0111. The zero-order valence-corrected chi connectivity index (χ0v) is 20.7. The van der Waals surface area contributed by atoms with Crippen LogP contribution in [0.4, 0.5) is 18.9 Å². The molecule has 1 aromatic carbocycles. The standard InChI is InChI=1S/C26H32F3N3OS/c1-4-32(24(33)17-11-13-34-14-12-17)23(26(27,28)29)21-10-9-19(16-30-21)31-22-15-18-7-5-6-8-20(18)25(22,2)3/h5-10,16-17,22-23,31H,4,11-15H2,1-3H3/t22?,23-/m0/s1. The van der Waals surface area contributed by atoms with Crippen LogP contribution in [-0.4, -0.2) is 46.1 Å². The molecule has 1 saturated heterocycles. The molecule has 1 amide bonds. The van der Waals surface area contributed by atoms with Crippen LogP contribution in [0.1, 0.15) is 56.5 Å². The molecule has 0 bridgehead atoms. The Bertz CT molecular complexity index is 1000. The molecule has 2 aromatic rings. The number of rotatable bonds is 6. The molecule has 8 heteroatoms. The first kappa shape index (κ1) is 24.9. The van der Waals surface area contributed by atoms with E-state index in [0.717, 1.165) is 22.8 Å². The Morgan fingerprint density at radius 3 is 2.50 bits per heavy atom. The van der Waals surface area contributed by atoms with Gasteiger partial charge in [-0.3, -0.25) is 9.78 Å². The van der Waals surface area contributed by atoms with Crippen molar-refractivity contribution in [2.45, 2.75) is 63.7 Å². The minimum Gasteiger partial charge on any atom is -0.380 e. The van der Waals surface area contributed by atoms with Crippen LogP contribution in [0.2, 0.25) is 0 Å². The highest BCUT2D eigenvalue weighted by Crippen LogP contribution is 2.41. The number of hydrogen-bond donors (Lipinski definition) is 1. The van der Waals surface area contributed by atoms with Gasteiger partial charge >= 0.3 is 6.18 Å². The number of thioether (sulfide) groups is 1. The molecule has 2 heterocycles. The first-order valence-electron chi connectivity index (χ1n) is 11.9. The summed E-state index contributed by atoms with van der Waals surface area (Å²) in [5, 5.41) is 3.47. The van der Waals surface area contributed by atoms with E-state index in [2.05, 4.69) is 36.3 Å². The van der Waals surface area contributed by atoms with Crippen molar-refractivity contribution >= 4 is 23.4 Å².